The number of amides is 1. The van der Waals surface area contributed by atoms with E-state index in [1.165, 1.54) is 4.90 Å². The van der Waals surface area contributed by atoms with Crippen molar-refractivity contribution in [3.63, 3.8) is 0 Å². The van der Waals surface area contributed by atoms with E-state index in [0.29, 0.717) is 13.1 Å². The van der Waals surface area contributed by atoms with Gasteiger partial charge in [-0.05, 0) is 31.4 Å². The van der Waals surface area contributed by atoms with Crippen LogP contribution in [0.15, 0.2) is 18.2 Å². The van der Waals surface area contributed by atoms with Gasteiger partial charge < -0.3 is 10.6 Å². The van der Waals surface area contributed by atoms with Crippen LogP contribution in [0.4, 0.5) is 10.1 Å². The SMILES string of the molecule is CC(N)C1CCN(C(=O)c2ccc(F)cc2[N+](=O)[O-])C1.Cl. The maximum absolute atomic E-state index is 13.1. The summed E-state index contributed by atoms with van der Waals surface area (Å²) in [6.07, 6.45) is 0.776. The molecule has 1 saturated heterocycles. The highest BCUT2D eigenvalue weighted by Crippen LogP contribution is 2.25. The van der Waals surface area contributed by atoms with Crippen LogP contribution in [0.2, 0.25) is 0 Å². The van der Waals surface area contributed by atoms with Crippen molar-refractivity contribution >= 4 is 24.0 Å². The summed E-state index contributed by atoms with van der Waals surface area (Å²) >= 11 is 0. The lowest BCUT2D eigenvalue weighted by atomic mass is 10.0. The quantitative estimate of drug-likeness (QED) is 0.681. The Balaban J connectivity index is 0.00000220. The van der Waals surface area contributed by atoms with E-state index < -0.39 is 22.3 Å². The number of halogens is 2. The van der Waals surface area contributed by atoms with Crippen LogP contribution >= 0.6 is 12.4 Å². The number of nitrogens with two attached hydrogens (primary N) is 1. The Labute approximate surface area is 127 Å². The maximum atomic E-state index is 13.1. The average molecular weight is 318 g/mol. The Kier molecular flexibility index (Phi) is 5.62. The van der Waals surface area contributed by atoms with Gasteiger partial charge in [-0.25, -0.2) is 4.39 Å². The smallest absolute Gasteiger partial charge is 0.285 e. The minimum absolute atomic E-state index is 0. The molecule has 0 saturated carbocycles. The van der Waals surface area contributed by atoms with Crippen molar-refractivity contribution in [2.24, 2.45) is 11.7 Å². The van der Waals surface area contributed by atoms with Gasteiger partial charge in [-0.3, -0.25) is 14.9 Å². The number of hydrogen-bond donors (Lipinski definition) is 1. The lowest BCUT2D eigenvalue weighted by Crippen LogP contribution is -2.33. The predicted molar refractivity (Wildman–Crippen MR) is 78.0 cm³/mol. The van der Waals surface area contributed by atoms with E-state index in [1.54, 1.807) is 0 Å². The van der Waals surface area contributed by atoms with Crippen LogP contribution < -0.4 is 5.73 Å². The summed E-state index contributed by atoms with van der Waals surface area (Å²) < 4.78 is 13.1. The van der Waals surface area contributed by atoms with Crippen LogP contribution in [-0.2, 0) is 0 Å². The van der Waals surface area contributed by atoms with Gasteiger partial charge >= 0.3 is 0 Å². The molecule has 21 heavy (non-hydrogen) atoms. The molecule has 0 bridgehead atoms. The molecule has 2 unspecified atom stereocenters. The van der Waals surface area contributed by atoms with E-state index in [2.05, 4.69) is 0 Å². The first-order valence-electron chi connectivity index (χ1n) is 6.39. The third-order valence-electron chi connectivity index (χ3n) is 3.64. The molecule has 0 spiro atoms. The van der Waals surface area contributed by atoms with Gasteiger partial charge in [-0.1, -0.05) is 0 Å². The van der Waals surface area contributed by atoms with E-state index in [9.17, 15) is 19.3 Å². The first-order chi connectivity index (χ1) is 9.40. The third kappa shape index (κ3) is 3.68. The fourth-order valence-corrected chi connectivity index (χ4v) is 2.41. The van der Waals surface area contributed by atoms with Crippen molar-refractivity contribution in [3.8, 4) is 0 Å². The Hall–Kier alpha value is -1.73. The summed E-state index contributed by atoms with van der Waals surface area (Å²) in [5.74, 6) is -0.985. The fourth-order valence-electron chi connectivity index (χ4n) is 2.41. The van der Waals surface area contributed by atoms with Gasteiger partial charge in [0.05, 0.1) is 11.0 Å². The molecule has 0 aromatic heterocycles. The largest absolute Gasteiger partial charge is 0.338 e. The van der Waals surface area contributed by atoms with Crippen molar-refractivity contribution in [1.29, 1.82) is 0 Å². The molecule has 6 nitrogen and oxygen atoms in total. The van der Waals surface area contributed by atoms with Crippen molar-refractivity contribution in [3.05, 3.63) is 39.7 Å². The zero-order valence-electron chi connectivity index (χ0n) is 11.5. The maximum Gasteiger partial charge on any atom is 0.285 e. The normalized spacial score (nSPS) is 19.0. The summed E-state index contributed by atoms with van der Waals surface area (Å²) in [4.78, 5) is 24.0. The highest BCUT2D eigenvalue weighted by atomic mass is 35.5. The monoisotopic (exact) mass is 317 g/mol. The van der Waals surface area contributed by atoms with Crippen LogP contribution in [0.3, 0.4) is 0 Å². The molecule has 1 heterocycles. The molecule has 1 aliphatic heterocycles. The van der Waals surface area contributed by atoms with Gasteiger partial charge in [0.15, 0.2) is 0 Å². The molecule has 2 atom stereocenters. The highest BCUT2D eigenvalue weighted by Gasteiger charge is 2.32. The van der Waals surface area contributed by atoms with Crippen LogP contribution in [0.5, 0.6) is 0 Å². The van der Waals surface area contributed by atoms with E-state index >= 15 is 0 Å². The van der Waals surface area contributed by atoms with Crippen LogP contribution in [0.1, 0.15) is 23.7 Å². The number of carbonyl (C=O) groups is 1. The number of likely N-dealkylation sites (tertiary alicyclic amines) is 1. The topological polar surface area (TPSA) is 89.5 Å². The number of hydrogen-bond acceptors (Lipinski definition) is 4. The van der Waals surface area contributed by atoms with E-state index in [4.69, 9.17) is 5.73 Å². The molecule has 1 amide bonds. The number of carbonyl (C=O) groups excluding carboxylic acids is 1. The lowest BCUT2D eigenvalue weighted by molar-refractivity contribution is -0.385. The van der Waals surface area contributed by atoms with E-state index in [0.717, 1.165) is 24.6 Å². The molecule has 2 N–H and O–H groups in total. The Bertz CT molecular complexity index is 553. The molecular formula is C13H17ClFN3O3. The zero-order valence-corrected chi connectivity index (χ0v) is 12.3. The Morgan fingerprint density at radius 2 is 2.24 bits per heavy atom. The molecule has 1 aromatic carbocycles. The minimum atomic E-state index is -0.741. The van der Waals surface area contributed by atoms with Crippen molar-refractivity contribution in [1.82, 2.24) is 4.90 Å². The fraction of sp³-hybridized carbons (Fsp3) is 0.462. The van der Waals surface area contributed by atoms with Crippen LogP contribution in [-0.4, -0.2) is 34.9 Å². The Morgan fingerprint density at radius 1 is 1.57 bits per heavy atom. The van der Waals surface area contributed by atoms with Crippen LogP contribution in [0, 0.1) is 21.8 Å². The number of nitro benzene ring substituents is 1. The number of rotatable bonds is 3. The molecule has 1 aromatic rings. The van der Waals surface area contributed by atoms with Gasteiger partial charge in [0, 0.05) is 19.1 Å². The van der Waals surface area contributed by atoms with Gasteiger partial charge in [-0.15, -0.1) is 12.4 Å². The molecular weight excluding hydrogens is 301 g/mol. The van der Waals surface area contributed by atoms with Crippen molar-refractivity contribution in [2.75, 3.05) is 13.1 Å². The summed E-state index contributed by atoms with van der Waals surface area (Å²) in [6, 6.07) is 2.96. The number of benzene rings is 1. The molecule has 0 radical (unpaired) electrons. The van der Waals surface area contributed by atoms with Gasteiger partial charge in [0.2, 0.25) is 0 Å². The van der Waals surface area contributed by atoms with Gasteiger partial charge in [0.1, 0.15) is 11.4 Å². The second kappa shape index (κ2) is 6.82. The Morgan fingerprint density at radius 3 is 2.76 bits per heavy atom. The second-order valence-corrected chi connectivity index (χ2v) is 5.08. The predicted octanol–water partition coefficient (Wildman–Crippen LogP) is 1.97. The third-order valence-corrected chi connectivity index (χ3v) is 3.64. The summed E-state index contributed by atoms with van der Waals surface area (Å²) in [5.41, 5.74) is 5.22. The summed E-state index contributed by atoms with van der Waals surface area (Å²) in [6.45, 7) is 2.86. The zero-order chi connectivity index (χ0) is 14.9. The molecule has 1 fully saturated rings. The number of nitrogens with zero attached hydrogens (tertiary/aromatic N) is 2. The second-order valence-electron chi connectivity index (χ2n) is 5.08. The average Bonchev–Trinajstić information content (AvgIpc) is 2.87. The summed E-state index contributed by atoms with van der Waals surface area (Å²) in [7, 11) is 0. The summed E-state index contributed by atoms with van der Waals surface area (Å²) in [5, 5.41) is 10.9. The first kappa shape index (κ1) is 17.3. The van der Waals surface area contributed by atoms with Gasteiger partial charge in [-0.2, -0.15) is 0 Å². The van der Waals surface area contributed by atoms with E-state index in [-0.39, 0.29) is 29.9 Å². The molecule has 2 rings (SSSR count). The van der Waals surface area contributed by atoms with Gasteiger partial charge in [0.25, 0.3) is 11.6 Å². The number of nitro groups is 1. The molecule has 1 aliphatic rings. The van der Waals surface area contributed by atoms with Crippen molar-refractivity contribution in [2.45, 2.75) is 19.4 Å². The van der Waals surface area contributed by atoms with E-state index in [1.807, 2.05) is 6.92 Å². The van der Waals surface area contributed by atoms with Crippen LogP contribution in [0.25, 0.3) is 0 Å². The standard InChI is InChI=1S/C13H16FN3O3.ClH/c1-8(15)9-4-5-16(7-9)13(18)11-3-2-10(14)6-12(11)17(19)20;/h2-3,6,8-9H,4-5,7,15H2,1H3;1H. The molecule has 8 heteroatoms. The lowest BCUT2D eigenvalue weighted by Gasteiger charge is -2.18. The first-order valence-corrected chi connectivity index (χ1v) is 6.39. The molecule has 116 valence electrons. The highest BCUT2D eigenvalue weighted by molar-refractivity contribution is 5.98. The molecule has 0 aliphatic carbocycles. The minimum Gasteiger partial charge on any atom is -0.338 e. The van der Waals surface area contributed by atoms with Crippen molar-refractivity contribution < 1.29 is 14.1 Å².